The second-order valence-electron chi connectivity index (χ2n) is 8.66. The summed E-state index contributed by atoms with van der Waals surface area (Å²) in [5.41, 5.74) is 2.58. The number of aliphatic hydroxyl groups is 1. The number of anilines is 1. The zero-order valence-corrected chi connectivity index (χ0v) is 18.5. The van der Waals surface area contributed by atoms with Crippen LogP contribution in [0.4, 0.5) is 5.69 Å². The van der Waals surface area contributed by atoms with Crippen molar-refractivity contribution in [1.29, 1.82) is 0 Å². The number of hydrogen-bond acceptors (Lipinski definition) is 5. The minimum Gasteiger partial charge on any atom is -0.504 e. The first kappa shape index (κ1) is 23.7. The predicted molar refractivity (Wildman–Crippen MR) is 122 cm³/mol. The van der Waals surface area contributed by atoms with E-state index < -0.39 is 16.8 Å². The van der Waals surface area contributed by atoms with Gasteiger partial charge in [0, 0.05) is 17.8 Å². The molecule has 1 aliphatic carbocycles. The van der Waals surface area contributed by atoms with Gasteiger partial charge in [-0.1, -0.05) is 38.5 Å². The van der Waals surface area contributed by atoms with E-state index in [1.165, 1.54) is 6.07 Å². The predicted octanol–water partition coefficient (Wildman–Crippen LogP) is 4.54. The topological polar surface area (TPSA) is 89.8 Å². The normalized spacial score (nSPS) is 17.2. The van der Waals surface area contributed by atoms with E-state index in [2.05, 4.69) is 19.2 Å². The third-order valence-electron chi connectivity index (χ3n) is 5.61. The average molecular weight is 414 g/mol. The van der Waals surface area contributed by atoms with E-state index in [9.17, 15) is 20.1 Å². The highest BCUT2D eigenvalue weighted by Gasteiger charge is 2.22. The maximum absolute atomic E-state index is 11.5. The summed E-state index contributed by atoms with van der Waals surface area (Å²) in [7, 11) is 0. The number of nitrogens with one attached hydrogen (secondary N) is 1. The molecule has 0 saturated heterocycles. The number of aryl methyl sites for hydroxylation is 1. The number of hydrogen-bond donors (Lipinski definition) is 4. The number of fused-ring (bicyclic) bond motifs is 1. The fraction of sp³-hybridized carbons (Fsp3) is 0.480. The standard InChI is InChI=1S/C13H16O3.C12H19NO/c1-7-3-4-9-10(5-7)8(2)6-11(14)13(16)12(9)15;1-3-9-12(2,14)10-13-11-7-5-4-6-8-11/h6-7H,3-5H2,1-2H3,(H2,14,15,16);4-8,13-14H,3,9-10H2,1-2H3. The Morgan fingerprint density at radius 2 is 1.80 bits per heavy atom. The van der Waals surface area contributed by atoms with Gasteiger partial charge < -0.3 is 20.6 Å². The van der Waals surface area contributed by atoms with E-state index in [1.807, 2.05) is 44.2 Å². The van der Waals surface area contributed by atoms with E-state index >= 15 is 0 Å². The van der Waals surface area contributed by atoms with Gasteiger partial charge in [0.2, 0.25) is 11.2 Å². The molecule has 0 amide bonds. The molecule has 5 heteroatoms. The van der Waals surface area contributed by atoms with Crippen LogP contribution < -0.4 is 10.7 Å². The summed E-state index contributed by atoms with van der Waals surface area (Å²) in [5.74, 6) is -0.177. The van der Waals surface area contributed by atoms with Gasteiger partial charge in [-0.25, -0.2) is 0 Å². The molecule has 0 bridgehead atoms. The molecule has 5 nitrogen and oxygen atoms in total. The molecule has 0 radical (unpaired) electrons. The molecule has 0 aromatic heterocycles. The van der Waals surface area contributed by atoms with Crippen LogP contribution in [-0.4, -0.2) is 27.5 Å². The summed E-state index contributed by atoms with van der Waals surface area (Å²) < 4.78 is 0. The number of benzene rings is 1. The van der Waals surface area contributed by atoms with Gasteiger partial charge in [-0.2, -0.15) is 0 Å². The van der Waals surface area contributed by atoms with Crippen LogP contribution in [0.1, 0.15) is 56.7 Å². The van der Waals surface area contributed by atoms with E-state index in [0.717, 1.165) is 54.5 Å². The first-order chi connectivity index (χ1) is 14.1. The monoisotopic (exact) mass is 413 g/mol. The molecule has 30 heavy (non-hydrogen) atoms. The fourth-order valence-electron chi connectivity index (χ4n) is 3.86. The molecule has 0 heterocycles. The molecule has 2 aromatic rings. The lowest BCUT2D eigenvalue weighted by atomic mass is 9.84. The summed E-state index contributed by atoms with van der Waals surface area (Å²) in [6, 6.07) is 11.4. The van der Waals surface area contributed by atoms with Crippen molar-refractivity contribution >= 4 is 5.69 Å². The van der Waals surface area contributed by atoms with Crippen molar-refractivity contribution in [3.05, 3.63) is 63.3 Å². The highest BCUT2D eigenvalue weighted by atomic mass is 16.3. The molecule has 164 valence electrons. The maximum Gasteiger partial charge on any atom is 0.224 e. The van der Waals surface area contributed by atoms with E-state index in [4.69, 9.17) is 0 Å². The maximum atomic E-state index is 11.5. The lowest BCUT2D eigenvalue weighted by Crippen LogP contribution is -2.33. The van der Waals surface area contributed by atoms with Crippen LogP contribution in [0.25, 0.3) is 0 Å². The highest BCUT2D eigenvalue weighted by molar-refractivity contribution is 5.50. The Hall–Kier alpha value is -2.53. The first-order valence-corrected chi connectivity index (χ1v) is 10.7. The molecule has 2 atom stereocenters. The van der Waals surface area contributed by atoms with E-state index in [-0.39, 0.29) is 5.75 Å². The SMILES string of the molecule is CCCC(C)(O)CNc1ccccc1.Cc1cc(=O)c(O)c(O)c2c1CC(C)CC2. The summed E-state index contributed by atoms with van der Waals surface area (Å²) in [6.07, 6.45) is 4.40. The molecule has 2 aromatic carbocycles. The van der Waals surface area contributed by atoms with Crippen molar-refractivity contribution < 1.29 is 15.3 Å². The minimum absolute atomic E-state index is 0.222. The van der Waals surface area contributed by atoms with Gasteiger partial charge >= 0.3 is 0 Å². The Bertz CT molecular complexity index is 894. The average Bonchev–Trinajstić information content (AvgIpc) is 2.79. The van der Waals surface area contributed by atoms with Gasteiger partial charge in [-0.05, 0) is 74.8 Å². The molecular weight excluding hydrogens is 378 g/mol. The van der Waals surface area contributed by atoms with Gasteiger partial charge in [0.1, 0.15) is 0 Å². The summed E-state index contributed by atoms with van der Waals surface area (Å²) in [4.78, 5) is 11.5. The Kier molecular flexibility index (Phi) is 8.30. The third kappa shape index (κ3) is 6.49. The Morgan fingerprint density at radius 3 is 2.43 bits per heavy atom. The number of rotatable bonds is 5. The smallest absolute Gasteiger partial charge is 0.224 e. The largest absolute Gasteiger partial charge is 0.504 e. The number of para-hydroxylation sites is 1. The lowest BCUT2D eigenvalue weighted by molar-refractivity contribution is 0.0637. The van der Waals surface area contributed by atoms with Crippen molar-refractivity contribution in [2.75, 3.05) is 11.9 Å². The third-order valence-corrected chi connectivity index (χ3v) is 5.61. The van der Waals surface area contributed by atoms with Crippen LogP contribution in [0.3, 0.4) is 0 Å². The van der Waals surface area contributed by atoms with Crippen LogP contribution in [0.5, 0.6) is 11.5 Å². The second-order valence-corrected chi connectivity index (χ2v) is 8.66. The molecule has 1 aliphatic rings. The Labute approximate surface area is 179 Å². The van der Waals surface area contributed by atoms with Crippen LogP contribution in [0, 0.1) is 12.8 Å². The molecule has 4 N–H and O–H groups in total. The quantitative estimate of drug-likeness (QED) is 0.578. The van der Waals surface area contributed by atoms with Gasteiger partial charge in [0.25, 0.3) is 0 Å². The van der Waals surface area contributed by atoms with Crippen molar-refractivity contribution in [3.63, 3.8) is 0 Å². The Morgan fingerprint density at radius 1 is 1.13 bits per heavy atom. The van der Waals surface area contributed by atoms with Crippen LogP contribution >= 0.6 is 0 Å². The van der Waals surface area contributed by atoms with Crippen molar-refractivity contribution in [3.8, 4) is 11.5 Å². The minimum atomic E-state index is -0.607. The number of aromatic hydroxyl groups is 2. The van der Waals surface area contributed by atoms with E-state index in [1.54, 1.807) is 0 Å². The lowest BCUT2D eigenvalue weighted by Gasteiger charge is -2.23. The Balaban J connectivity index is 0.000000216. The second kappa shape index (κ2) is 10.5. The van der Waals surface area contributed by atoms with Crippen molar-refractivity contribution in [2.45, 2.75) is 65.4 Å². The molecule has 0 aliphatic heterocycles. The molecule has 0 fully saturated rings. The molecular formula is C25H35NO4. The van der Waals surface area contributed by atoms with Gasteiger partial charge in [-0.3, -0.25) is 4.79 Å². The highest BCUT2D eigenvalue weighted by Crippen LogP contribution is 2.35. The van der Waals surface area contributed by atoms with Crippen LogP contribution in [0.15, 0.2) is 41.2 Å². The van der Waals surface area contributed by atoms with Crippen LogP contribution in [-0.2, 0) is 12.8 Å². The van der Waals surface area contributed by atoms with Gasteiger partial charge in [-0.15, -0.1) is 0 Å². The molecule has 3 rings (SSSR count). The van der Waals surface area contributed by atoms with Crippen molar-refractivity contribution in [2.24, 2.45) is 5.92 Å². The summed E-state index contributed by atoms with van der Waals surface area (Å²) >= 11 is 0. The summed E-state index contributed by atoms with van der Waals surface area (Å²) in [6.45, 7) is 8.57. The molecule has 0 spiro atoms. The summed E-state index contributed by atoms with van der Waals surface area (Å²) in [5, 5.41) is 32.5. The van der Waals surface area contributed by atoms with Gasteiger partial charge in [0.15, 0.2) is 5.75 Å². The van der Waals surface area contributed by atoms with E-state index in [0.29, 0.717) is 12.5 Å². The molecule has 0 saturated carbocycles. The van der Waals surface area contributed by atoms with Gasteiger partial charge in [0.05, 0.1) is 5.60 Å². The zero-order chi connectivity index (χ0) is 22.3. The van der Waals surface area contributed by atoms with Crippen LogP contribution in [0.2, 0.25) is 0 Å². The molecule has 2 unspecified atom stereocenters. The zero-order valence-electron chi connectivity index (χ0n) is 18.5. The van der Waals surface area contributed by atoms with Crippen molar-refractivity contribution in [1.82, 2.24) is 0 Å². The fourth-order valence-corrected chi connectivity index (χ4v) is 3.86. The first-order valence-electron chi connectivity index (χ1n) is 10.7.